The summed E-state index contributed by atoms with van der Waals surface area (Å²) in [6, 6.07) is 21.0. The van der Waals surface area contributed by atoms with Gasteiger partial charge in [-0.3, -0.25) is 9.59 Å². The van der Waals surface area contributed by atoms with Crippen molar-refractivity contribution in [2.75, 3.05) is 31.1 Å². The topological polar surface area (TPSA) is 43.9 Å². The van der Waals surface area contributed by atoms with Crippen molar-refractivity contribution in [1.29, 1.82) is 0 Å². The number of fused-ring (bicyclic) bond motifs is 1. The lowest BCUT2D eigenvalue weighted by Gasteiger charge is -2.47. The zero-order valence-electron chi connectivity index (χ0n) is 24.1. The molecule has 3 aromatic rings. The first-order valence-electron chi connectivity index (χ1n) is 14.9. The van der Waals surface area contributed by atoms with Crippen LogP contribution in [0.5, 0.6) is 0 Å². The number of nitrogens with zero attached hydrogens (tertiary/aromatic N) is 3. The Morgan fingerprint density at radius 1 is 0.909 bits per heavy atom. The van der Waals surface area contributed by atoms with Crippen molar-refractivity contribution < 1.29 is 27.2 Å². The van der Waals surface area contributed by atoms with Crippen LogP contribution in [-0.2, 0) is 22.3 Å². The number of piperazine rings is 1. The van der Waals surface area contributed by atoms with E-state index in [1.54, 1.807) is 30.0 Å². The van der Waals surface area contributed by atoms with Crippen LogP contribution in [0.1, 0.15) is 36.0 Å². The van der Waals surface area contributed by atoms with E-state index in [0.717, 1.165) is 29.7 Å². The lowest BCUT2D eigenvalue weighted by atomic mass is 9.83. The number of alkyl halides is 3. The van der Waals surface area contributed by atoms with E-state index in [9.17, 15) is 27.2 Å². The Kier molecular flexibility index (Phi) is 8.71. The van der Waals surface area contributed by atoms with Gasteiger partial charge in [-0.25, -0.2) is 4.39 Å². The lowest BCUT2D eigenvalue weighted by Crippen LogP contribution is -2.55. The average molecular weight is 624 g/mol. The van der Waals surface area contributed by atoms with Crippen LogP contribution in [0.15, 0.2) is 83.8 Å². The zero-order chi connectivity index (χ0) is 30.8. The van der Waals surface area contributed by atoms with E-state index in [2.05, 4.69) is 0 Å². The van der Waals surface area contributed by atoms with Gasteiger partial charge in [0.1, 0.15) is 5.82 Å². The molecule has 1 saturated carbocycles. The third-order valence-electron chi connectivity index (χ3n) is 8.75. The number of carbonyl (C=O) groups excluding carboxylic acids is 2. The van der Waals surface area contributed by atoms with Crippen LogP contribution in [0.25, 0.3) is 6.08 Å². The van der Waals surface area contributed by atoms with E-state index >= 15 is 0 Å². The van der Waals surface area contributed by atoms with Crippen LogP contribution in [0.2, 0.25) is 0 Å². The van der Waals surface area contributed by atoms with Gasteiger partial charge in [-0.05, 0) is 66.8 Å². The van der Waals surface area contributed by atoms with E-state index in [4.69, 9.17) is 0 Å². The second-order valence-electron chi connectivity index (χ2n) is 11.6. The number of carbonyl (C=O) groups is 2. The summed E-state index contributed by atoms with van der Waals surface area (Å²) in [7, 11) is 0. The van der Waals surface area contributed by atoms with Gasteiger partial charge in [-0.1, -0.05) is 48.5 Å². The van der Waals surface area contributed by atoms with E-state index in [0.29, 0.717) is 56.2 Å². The Balaban J connectivity index is 1.16. The molecule has 44 heavy (non-hydrogen) atoms. The van der Waals surface area contributed by atoms with Gasteiger partial charge in [-0.2, -0.15) is 13.2 Å². The number of thioether (sulfide) groups is 1. The molecule has 1 aliphatic carbocycles. The Labute approximate surface area is 258 Å². The molecule has 3 unspecified atom stereocenters. The molecule has 2 saturated heterocycles. The zero-order valence-corrected chi connectivity index (χ0v) is 24.9. The molecule has 10 heteroatoms. The number of anilines is 1. The predicted octanol–water partition coefficient (Wildman–Crippen LogP) is 6.85. The molecule has 3 aliphatic rings. The second-order valence-corrected chi connectivity index (χ2v) is 12.9. The highest BCUT2D eigenvalue weighted by atomic mass is 32.2. The number of halogens is 4. The smallest absolute Gasteiger partial charge is 0.368 e. The first-order chi connectivity index (χ1) is 21.2. The van der Waals surface area contributed by atoms with Gasteiger partial charge < -0.3 is 14.7 Å². The van der Waals surface area contributed by atoms with E-state index in [1.165, 1.54) is 18.2 Å². The molecule has 5 nitrogen and oxygen atoms in total. The standard InChI is InChI=1S/C34H33F4N3O2S/c35-27-12-9-24(10-13-27)22-41-29-20-25(11-14-30(29)44-31(33(41)43)19-23-5-2-1-3-6-23)32(42)40-17-15-39(16-18-40)28-8-4-7-26(21-28)34(36,37)38/h1-10,12-13,19,21,25,29-30H,11,14-18,20,22H2/b31-19-. The molecule has 0 spiro atoms. The molecule has 3 fully saturated rings. The average Bonchev–Trinajstić information content (AvgIpc) is 3.04. The summed E-state index contributed by atoms with van der Waals surface area (Å²) in [5.74, 6) is -0.641. The minimum absolute atomic E-state index is 0.0388. The Morgan fingerprint density at radius 3 is 2.34 bits per heavy atom. The Bertz CT molecular complexity index is 1520. The number of hydrogen-bond acceptors (Lipinski definition) is 4. The molecule has 0 N–H and O–H groups in total. The van der Waals surface area contributed by atoms with Crippen molar-refractivity contribution in [3.05, 3.63) is 106 Å². The van der Waals surface area contributed by atoms with E-state index < -0.39 is 11.7 Å². The molecule has 3 aromatic carbocycles. The van der Waals surface area contributed by atoms with Gasteiger partial charge in [0.05, 0.1) is 10.5 Å². The number of benzene rings is 3. The summed E-state index contributed by atoms with van der Waals surface area (Å²) in [5, 5.41) is 0.130. The van der Waals surface area contributed by atoms with Gasteiger partial charge in [0.15, 0.2) is 0 Å². The number of hydrogen-bond donors (Lipinski definition) is 0. The highest BCUT2D eigenvalue weighted by Crippen LogP contribution is 2.45. The van der Waals surface area contributed by atoms with Gasteiger partial charge in [0, 0.05) is 55.6 Å². The molecule has 2 amide bonds. The molecule has 2 heterocycles. The third kappa shape index (κ3) is 6.65. The number of amides is 2. The molecular weight excluding hydrogens is 590 g/mol. The predicted molar refractivity (Wildman–Crippen MR) is 164 cm³/mol. The van der Waals surface area contributed by atoms with Crippen LogP contribution >= 0.6 is 11.8 Å². The lowest BCUT2D eigenvalue weighted by molar-refractivity contribution is -0.140. The van der Waals surface area contributed by atoms with Crippen molar-refractivity contribution in [2.24, 2.45) is 5.92 Å². The fourth-order valence-electron chi connectivity index (χ4n) is 6.41. The van der Waals surface area contributed by atoms with Crippen molar-refractivity contribution >= 4 is 35.3 Å². The molecule has 0 aromatic heterocycles. The van der Waals surface area contributed by atoms with E-state index in [-0.39, 0.29) is 34.8 Å². The van der Waals surface area contributed by atoms with Gasteiger partial charge in [0.25, 0.3) is 5.91 Å². The maximum Gasteiger partial charge on any atom is 0.416 e. The molecule has 6 rings (SSSR count). The van der Waals surface area contributed by atoms with Crippen molar-refractivity contribution in [3.8, 4) is 0 Å². The first-order valence-corrected chi connectivity index (χ1v) is 15.7. The summed E-state index contributed by atoms with van der Waals surface area (Å²) < 4.78 is 53.3. The summed E-state index contributed by atoms with van der Waals surface area (Å²) in [6.07, 6.45) is -0.473. The monoisotopic (exact) mass is 623 g/mol. The van der Waals surface area contributed by atoms with Crippen LogP contribution in [0.3, 0.4) is 0 Å². The quantitative estimate of drug-likeness (QED) is 0.231. The Hall–Kier alpha value is -3.79. The molecule has 2 aliphatic heterocycles. The van der Waals surface area contributed by atoms with Crippen LogP contribution in [-0.4, -0.2) is 59.1 Å². The molecule has 230 valence electrons. The molecule has 0 bridgehead atoms. The van der Waals surface area contributed by atoms with Crippen molar-refractivity contribution in [1.82, 2.24) is 9.80 Å². The van der Waals surface area contributed by atoms with Crippen LogP contribution in [0.4, 0.5) is 23.2 Å². The highest BCUT2D eigenvalue weighted by molar-refractivity contribution is 8.04. The summed E-state index contributed by atoms with van der Waals surface area (Å²) in [5.41, 5.74) is 1.58. The van der Waals surface area contributed by atoms with Crippen molar-refractivity contribution in [2.45, 2.75) is 43.3 Å². The minimum Gasteiger partial charge on any atom is -0.368 e. The summed E-state index contributed by atoms with van der Waals surface area (Å²) in [6.45, 7) is 2.08. The SMILES string of the molecule is O=C(C1CCC2S/C(=C\c3ccccc3)C(=O)N(Cc3ccc(F)cc3)C2C1)N1CCN(c2cccc(C(F)(F)F)c2)CC1. The summed E-state index contributed by atoms with van der Waals surface area (Å²) in [4.78, 5) is 33.8. The summed E-state index contributed by atoms with van der Waals surface area (Å²) >= 11 is 1.58. The molecule has 3 atom stereocenters. The Morgan fingerprint density at radius 2 is 1.64 bits per heavy atom. The second kappa shape index (κ2) is 12.7. The fourth-order valence-corrected chi connectivity index (χ4v) is 7.83. The highest BCUT2D eigenvalue weighted by Gasteiger charge is 2.45. The third-order valence-corrected chi connectivity index (χ3v) is 10.1. The van der Waals surface area contributed by atoms with Crippen molar-refractivity contribution in [3.63, 3.8) is 0 Å². The van der Waals surface area contributed by atoms with Crippen LogP contribution < -0.4 is 4.90 Å². The maximum absolute atomic E-state index is 13.9. The minimum atomic E-state index is -4.41. The maximum atomic E-state index is 13.9. The first kappa shape index (κ1) is 30.2. The van der Waals surface area contributed by atoms with Gasteiger partial charge in [-0.15, -0.1) is 11.8 Å². The normalized spacial score (nSPS) is 23.5. The number of rotatable bonds is 5. The largest absolute Gasteiger partial charge is 0.416 e. The molecule has 0 radical (unpaired) electrons. The molecular formula is C34H33F4N3O2S. The van der Waals surface area contributed by atoms with Crippen LogP contribution in [0, 0.1) is 11.7 Å². The van der Waals surface area contributed by atoms with Gasteiger partial charge >= 0.3 is 6.18 Å². The fraction of sp³-hybridized carbons (Fsp3) is 0.353. The van der Waals surface area contributed by atoms with Gasteiger partial charge in [0.2, 0.25) is 5.91 Å². The van der Waals surface area contributed by atoms with E-state index in [1.807, 2.05) is 51.1 Å².